The van der Waals surface area contributed by atoms with E-state index >= 15 is 0 Å². The van der Waals surface area contributed by atoms with Gasteiger partial charge in [-0.1, -0.05) is 0 Å². The molecule has 5 N–H and O–H groups in total. The van der Waals surface area contributed by atoms with Gasteiger partial charge in [-0.05, 0) is 32.0 Å². The summed E-state index contributed by atoms with van der Waals surface area (Å²) in [6.45, 7) is 3.45. The lowest BCUT2D eigenvalue weighted by Crippen LogP contribution is -2.24. The van der Waals surface area contributed by atoms with Gasteiger partial charge < -0.3 is 35.0 Å². The van der Waals surface area contributed by atoms with Crippen molar-refractivity contribution in [1.29, 1.82) is 0 Å². The van der Waals surface area contributed by atoms with Gasteiger partial charge in [0.05, 0.1) is 10.9 Å². The molecule has 0 radical (unpaired) electrons. The number of aromatic hydroxyl groups is 5. The average molecular weight is 502 g/mol. The van der Waals surface area contributed by atoms with Crippen molar-refractivity contribution in [3.63, 3.8) is 0 Å². The van der Waals surface area contributed by atoms with Crippen LogP contribution in [0.2, 0.25) is 0 Å². The molecule has 0 fully saturated rings. The topological polar surface area (TPSA) is 154 Å². The number of hydrogen-bond donors (Lipinski definition) is 5. The molecule has 2 heterocycles. The van der Waals surface area contributed by atoms with Gasteiger partial charge in [0.25, 0.3) is 0 Å². The molecule has 188 valence electrons. The highest BCUT2D eigenvalue weighted by molar-refractivity contribution is 6.18. The summed E-state index contributed by atoms with van der Waals surface area (Å²) in [5, 5.41) is 54.8. The van der Waals surface area contributed by atoms with Crippen LogP contribution < -0.4 is 9.47 Å². The largest absolute Gasteiger partial charge is 0.507 e. The maximum absolute atomic E-state index is 12.7. The van der Waals surface area contributed by atoms with E-state index in [1.54, 1.807) is 13.8 Å². The number of phenols is 5. The van der Waals surface area contributed by atoms with Gasteiger partial charge in [-0.3, -0.25) is 9.59 Å². The van der Waals surface area contributed by atoms with Gasteiger partial charge in [0.15, 0.2) is 11.6 Å². The molecule has 0 amide bonds. The van der Waals surface area contributed by atoms with Crippen molar-refractivity contribution in [2.75, 3.05) is 0 Å². The fourth-order valence-electron chi connectivity index (χ4n) is 5.38. The van der Waals surface area contributed by atoms with E-state index in [2.05, 4.69) is 0 Å². The third-order valence-corrected chi connectivity index (χ3v) is 6.95. The number of carbonyl (C=O) groups is 2. The van der Waals surface area contributed by atoms with Crippen molar-refractivity contribution in [3.05, 3.63) is 41.5 Å². The van der Waals surface area contributed by atoms with Crippen molar-refractivity contribution in [2.45, 2.75) is 38.9 Å². The van der Waals surface area contributed by atoms with Crippen LogP contribution in [0.25, 0.3) is 32.7 Å². The molecule has 0 spiro atoms. The summed E-state index contributed by atoms with van der Waals surface area (Å²) in [6, 6.07) is 6.48. The second kappa shape index (κ2) is 7.67. The summed E-state index contributed by atoms with van der Waals surface area (Å²) in [6.07, 6.45) is -0.620. The summed E-state index contributed by atoms with van der Waals surface area (Å²) >= 11 is 0. The van der Waals surface area contributed by atoms with Crippen LogP contribution in [0.15, 0.2) is 30.3 Å². The highest BCUT2D eigenvalue weighted by atomic mass is 16.5. The van der Waals surface area contributed by atoms with Crippen LogP contribution in [0.5, 0.6) is 40.2 Å². The molecule has 2 atom stereocenters. The molecule has 0 aromatic heterocycles. The molecule has 2 aliphatic rings. The molecule has 4 aromatic carbocycles. The first-order chi connectivity index (χ1) is 17.5. The molecule has 0 saturated heterocycles. The third kappa shape index (κ3) is 3.23. The predicted molar refractivity (Wildman–Crippen MR) is 133 cm³/mol. The van der Waals surface area contributed by atoms with E-state index in [4.69, 9.17) is 9.47 Å². The van der Waals surface area contributed by atoms with Crippen molar-refractivity contribution >= 4 is 33.1 Å². The highest BCUT2D eigenvalue weighted by Crippen LogP contribution is 2.53. The van der Waals surface area contributed by atoms with E-state index < -0.39 is 29.1 Å². The number of Topliss-reactive ketones (excluding diaryl/α,β-unsaturated/α-hetero) is 2. The van der Waals surface area contributed by atoms with Gasteiger partial charge in [0.1, 0.15) is 58.0 Å². The molecule has 9 heteroatoms. The number of hydrogen-bond acceptors (Lipinski definition) is 9. The number of ketones is 2. The van der Waals surface area contributed by atoms with E-state index in [9.17, 15) is 35.1 Å². The van der Waals surface area contributed by atoms with Crippen LogP contribution in [0.4, 0.5) is 0 Å². The summed E-state index contributed by atoms with van der Waals surface area (Å²) < 4.78 is 11.6. The van der Waals surface area contributed by atoms with Crippen LogP contribution in [-0.4, -0.2) is 49.3 Å². The predicted octanol–water partition coefficient (Wildman–Crippen LogP) is 4.90. The Morgan fingerprint density at radius 1 is 0.622 bits per heavy atom. The normalized spacial score (nSPS) is 18.9. The SMILES string of the molecule is C[C@@H]1CC(=O)c2cc3c(O)cc(O)c(-c4c(O)cc(O)c5c(O)c6c(cc45)O[C@@H](C)CC6=O)c3cc2O1. The maximum atomic E-state index is 12.7. The fraction of sp³-hybridized carbons (Fsp3) is 0.214. The molecule has 2 aliphatic heterocycles. The molecule has 4 aromatic rings. The zero-order valence-electron chi connectivity index (χ0n) is 19.8. The Hall–Kier alpha value is -4.66. The van der Waals surface area contributed by atoms with Crippen molar-refractivity contribution < 1.29 is 44.6 Å². The van der Waals surface area contributed by atoms with Gasteiger partial charge in [0, 0.05) is 52.3 Å². The lowest BCUT2D eigenvalue weighted by atomic mass is 9.87. The molecule has 0 unspecified atom stereocenters. The van der Waals surface area contributed by atoms with Gasteiger partial charge in [-0.15, -0.1) is 0 Å². The maximum Gasteiger partial charge on any atom is 0.174 e. The first kappa shape index (κ1) is 22.8. The minimum Gasteiger partial charge on any atom is -0.507 e. The molecule has 0 bridgehead atoms. The first-order valence-electron chi connectivity index (χ1n) is 11.7. The van der Waals surface area contributed by atoms with E-state index in [0.717, 1.165) is 12.1 Å². The van der Waals surface area contributed by atoms with Crippen molar-refractivity contribution in [2.24, 2.45) is 0 Å². The average Bonchev–Trinajstić information content (AvgIpc) is 2.79. The van der Waals surface area contributed by atoms with Gasteiger partial charge in [0.2, 0.25) is 0 Å². The number of rotatable bonds is 1. The molecule has 0 saturated carbocycles. The highest BCUT2D eigenvalue weighted by Gasteiger charge is 2.32. The Labute approximate surface area is 209 Å². The Kier molecular flexibility index (Phi) is 4.72. The Bertz CT molecular complexity index is 1700. The van der Waals surface area contributed by atoms with Crippen molar-refractivity contribution in [3.8, 4) is 51.4 Å². The monoisotopic (exact) mass is 502 g/mol. The minimum atomic E-state index is -0.508. The van der Waals surface area contributed by atoms with Crippen LogP contribution in [0.1, 0.15) is 47.4 Å². The van der Waals surface area contributed by atoms with E-state index in [1.807, 2.05) is 0 Å². The molecular weight excluding hydrogens is 480 g/mol. The van der Waals surface area contributed by atoms with Crippen LogP contribution in [0, 0.1) is 0 Å². The number of benzene rings is 4. The second-order valence-corrected chi connectivity index (χ2v) is 9.61. The fourth-order valence-corrected chi connectivity index (χ4v) is 5.38. The molecule has 0 aliphatic carbocycles. The van der Waals surface area contributed by atoms with Crippen LogP contribution in [0.3, 0.4) is 0 Å². The van der Waals surface area contributed by atoms with E-state index in [1.165, 1.54) is 18.2 Å². The van der Waals surface area contributed by atoms with Gasteiger partial charge in [-0.2, -0.15) is 0 Å². The zero-order chi connectivity index (χ0) is 26.3. The van der Waals surface area contributed by atoms with Crippen molar-refractivity contribution in [1.82, 2.24) is 0 Å². The third-order valence-electron chi connectivity index (χ3n) is 6.95. The Balaban J connectivity index is 1.75. The first-order valence-corrected chi connectivity index (χ1v) is 11.7. The Morgan fingerprint density at radius 2 is 1.19 bits per heavy atom. The molecule has 9 nitrogen and oxygen atoms in total. The smallest absolute Gasteiger partial charge is 0.174 e. The number of phenolic OH excluding ortho intramolecular Hbond substituents is 5. The lowest BCUT2D eigenvalue weighted by molar-refractivity contribution is 0.0859. The van der Waals surface area contributed by atoms with E-state index in [0.29, 0.717) is 0 Å². The number of ether oxygens (including phenoxy) is 2. The standard InChI is InChI=1S/C28H22O9/c1-10-3-16(29)14-5-12-13(6-22(14)36-10)24(19(32)8-17(12)30)25-15-7-23-27(18(31)4-11(2)37-23)28(35)26(15)21(34)9-20(25)33/h5-11,30,32-35H,3-4H2,1-2H3/t10-,11+/m1/s1. The van der Waals surface area contributed by atoms with Crippen LogP contribution in [-0.2, 0) is 0 Å². The Morgan fingerprint density at radius 3 is 1.89 bits per heavy atom. The molecule has 6 rings (SSSR count). The number of fused-ring (bicyclic) bond motifs is 4. The molecular formula is C28H22O9. The van der Waals surface area contributed by atoms with Crippen LogP contribution >= 0.6 is 0 Å². The van der Waals surface area contributed by atoms with Gasteiger partial charge in [-0.25, -0.2) is 0 Å². The lowest BCUT2D eigenvalue weighted by Gasteiger charge is -2.25. The van der Waals surface area contributed by atoms with E-state index in [-0.39, 0.29) is 91.6 Å². The second-order valence-electron chi connectivity index (χ2n) is 9.61. The zero-order valence-corrected chi connectivity index (χ0v) is 19.8. The summed E-state index contributed by atoms with van der Waals surface area (Å²) in [7, 11) is 0. The minimum absolute atomic E-state index is 0.0119. The van der Waals surface area contributed by atoms with Gasteiger partial charge >= 0.3 is 0 Å². The number of carbonyl (C=O) groups excluding carboxylic acids is 2. The molecule has 37 heavy (non-hydrogen) atoms. The summed E-state index contributed by atoms with van der Waals surface area (Å²) in [5.41, 5.74) is 0.275. The summed E-state index contributed by atoms with van der Waals surface area (Å²) in [5.74, 6) is -2.32. The summed E-state index contributed by atoms with van der Waals surface area (Å²) in [4.78, 5) is 25.3. The quantitative estimate of drug-likeness (QED) is 0.245.